The van der Waals surface area contributed by atoms with E-state index in [1.165, 1.54) is 5.56 Å². The summed E-state index contributed by atoms with van der Waals surface area (Å²) in [7, 11) is 0. The van der Waals surface area contributed by atoms with Crippen molar-refractivity contribution in [3.05, 3.63) is 76.9 Å². The number of nitrogens with one attached hydrogen (secondary N) is 1. The van der Waals surface area contributed by atoms with Gasteiger partial charge < -0.3 is 10.2 Å². The number of halogens is 1. The van der Waals surface area contributed by atoms with Gasteiger partial charge in [0.2, 0.25) is 5.91 Å². The summed E-state index contributed by atoms with van der Waals surface area (Å²) in [6.07, 6.45) is 4.25. The molecule has 0 bridgehead atoms. The number of carbonyl (C=O) groups is 2. The molecule has 0 aliphatic carbocycles. The number of para-hydroxylation sites is 1. The van der Waals surface area contributed by atoms with Gasteiger partial charge >= 0.3 is 0 Å². The van der Waals surface area contributed by atoms with Crippen LogP contribution in [0.25, 0.3) is 10.9 Å². The molecule has 1 fully saturated rings. The van der Waals surface area contributed by atoms with Gasteiger partial charge in [-0.05, 0) is 54.5 Å². The number of likely N-dealkylation sites (tertiary alicyclic amines) is 1. The molecule has 1 aromatic heterocycles. The second-order valence-electron chi connectivity index (χ2n) is 8.86. The maximum atomic E-state index is 13.5. The fourth-order valence-electron chi connectivity index (χ4n) is 4.56. The summed E-state index contributed by atoms with van der Waals surface area (Å²) in [5.74, 6) is 0.226. The highest BCUT2D eigenvalue weighted by atomic mass is 35.5. The predicted molar refractivity (Wildman–Crippen MR) is 132 cm³/mol. The molecule has 0 unspecified atom stereocenters. The van der Waals surface area contributed by atoms with E-state index in [4.69, 9.17) is 11.6 Å². The number of fused-ring (bicyclic) bond motifs is 1. The van der Waals surface area contributed by atoms with Crippen LogP contribution in [0.2, 0.25) is 5.02 Å². The van der Waals surface area contributed by atoms with Crippen molar-refractivity contribution in [2.24, 2.45) is 5.92 Å². The normalized spacial score (nSPS) is 16.4. The summed E-state index contributed by atoms with van der Waals surface area (Å²) in [6, 6.07) is 16.7. The number of nitrogens with zero attached hydrogens (tertiary/aromatic N) is 2. The summed E-state index contributed by atoms with van der Waals surface area (Å²) in [5.41, 5.74) is 2.58. The lowest BCUT2D eigenvalue weighted by atomic mass is 9.88. The van der Waals surface area contributed by atoms with Crippen LogP contribution >= 0.6 is 11.6 Å². The highest BCUT2D eigenvalue weighted by Gasteiger charge is 2.33. The smallest absolute Gasteiger partial charge is 0.252 e. The van der Waals surface area contributed by atoms with Crippen molar-refractivity contribution in [1.82, 2.24) is 15.2 Å². The number of rotatable bonds is 6. The van der Waals surface area contributed by atoms with Crippen LogP contribution in [0.5, 0.6) is 0 Å². The van der Waals surface area contributed by atoms with E-state index in [1.54, 1.807) is 12.3 Å². The van der Waals surface area contributed by atoms with Crippen molar-refractivity contribution in [1.29, 1.82) is 0 Å². The molecule has 0 saturated carbocycles. The molecule has 1 aliphatic rings. The predicted octanol–water partition coefficient (Wildman–Crippen LogP) is 5.44. The van der Waals surface area contributed by atoms with Crippen molar-refractivity contribution in [3.63, 3.8) is 0 Å². The van der Waals surface area contributed by atoms with Crippen LogP contribution in [0.15, 0.2) is 60.8 Å². The minimum absolute atomic E-state index is 0.00520. The van der Waals surface area contributed by atoms with Gasteiger partial charge in [0, 0.05) is 29.7 Å². The van der Waals surface area contributed by atoms with Crippen LogP contribution in [0.4, 0.5) is 0 Å². The van der Waals surface area contributed by atoms with Gasteiger partial charge in [-0.1, -0.05) is 62.2 Å². The lowest BCUT2D eigenvalue weighted by Crippen LogP contribution is -2.53. The van der Waals surface area contributed by atoms with Crippen molar-refractivity contribution < 1.29 is 9.59 Å². The molecular weight excluding hydrogens is 434 g/mol. The molecule has 4 rings (SSSR count). The Kier molecular flexibility index (Phi) is 7.29. The Morgan fingerprint density at radius 2 is 1.79 bits per heavy atom. The average molecular weight is 464 g/mol. The van der Waals surface area contributed by atoms with Crippen LogP contribution in [0.1, 0.15) is 54.9 Å². The zero-order valence-electron chi connectivity index (χ0n) is 19.1. The first kappa shape index (κ1) is 23.2. The Labute approximate surface area is 200 Å². The average Bonchev–Trinajstić information content (AvgIpc) is 2.86. The van der Waals surface area contributed by atoms with Gasteiger partial charge in [0.1, 0.15) is 6.04 Å². The first-order valence-corrected chi connectivity index (χ1v) is 12.0. The number of piperidine rings is 1. The van der Waals surface area contributed by atoms with Gasteiger partial charge in [-0.25, -0.2) is 0 Å². The largest absolute Gasteiger partial charge is 0.341 e. The second-order valence-corrected chi connectivity index (χ2v) is 9.30. The van der Waals surface area contributed by atoms with Crippen molar-refractivity contribution >= 4 is 34.3 Å². The molecule has 2 atom stereocenters. The second kappa shape index (κ2) is 10.3. The standard InChI is InChI=1S/C27H30ClN3O2/c1-3-18(2)25(30-26(32)23-12-15-29-24-7-5-4-6-22(23)24)27(33)31-16-13-20(14-17-31)19-8-10-21(28)11-9-19/h4-12,15,18,20,25H,3,13-14,16-17H2,1-2H3,(H,30,32)/t18-,25+/m0/s1. The summed E-state index contributed by atoms with van der Waals surface area (Å²) in [5, 5.41) is 4.57. The van der Waals surface area contributed by atoms with E-state index < -0.39 is 6.04 Å². The van der Waals surface area contributed by atoms with Gasteiger partial charge in [-0.2, -0.15) is 0 Å². The molecule has 0 spiro atoms. The maximum absolute atomic E-state index is 13.5. The minimum Gasteiger partial charge on any atom is -0.341 e. The third-order valence-corrected chi connectivity index (χ3v) is 7.06. The van der Waals surface area contributed by atoms with E-state index in [0.717, 1.165) is 35.2 Å². The Morgan fingerprint density at radius 1 is 1.09 bits per heavy atom. The first-order chi connectivity index (χ1) is 16.0. The fourth-order valence-corrected chi connectivity index (χ4v) is 4.69. The third-order valence-electron chi connectivity index (χ3n) is 6.81. The summed E-state index contributed by atoms with van der Waals surface area (Å²) >= 11 is 6.02. The molecule has 6 heteroatoms. The number of hydrogen-bond donors (Lipinski definition) is 1. The third kappa shape index (κ3) is 5.19. The molecule has 33 heavy (non-hydrogen) atoms. The molecule has 3 aromatic rings. The molecule has 0 radical (unpaired) electrons. The molecule has 1 N–H and O–H groups in total. The van der Waals surface area contributed by atoms with Crippen LogP contribution in [-0.4, -0.2) is 40.8 Å². The molecule has 172 valence electrons. The minimum atomic E-state index is -0.554. The Hall–Kier alpha value is -2.92. The fraction of sp³-hybridized carbons (Fsp3) is 0.370. The lowest BCUT2D eigenvalue weighted by molar-refractivity contribution is -0.135. The van der Waals surface area contributed by atoms with Crippen LogP contribution in [0.3, 0.4) is 0 Å². The van der Waals surface area contributed by atoms with E-state index in [0.29, 0.717) is 24.6 Å². The van der Waals surface area contributed by atoms with Crippen LogP contribution in [0, 0.1) is 5.92 Å². The molecule has 2 heterocycles. The van der Waals surface area contributed by atoms with Crippen molar-refractivity contribution in [2.45, 2.75) is 45.1 Å². The van der Waals surface area contributed by atoms with Crippen LogP contribution < -0.4 is 5.32 Å². The summed E-state index contributed by atoms with van der Waals surface area (Å²) < 4.78 is 0. The highest BCUT2D eigenvalue weighted by Crippen LogP contribution is 2.29. The van der Waals surface area contributed by atoms with Gasteiger partial charge in [-0.3, -0.25) is 14.6 Å². The van der Waals surface area contributed by atoms with Gasteiger partial charge in [0.15, 0.2) is 0 Å². The summed E-state index contributed by atoms with van der Waals surface area (Å²) in [6.45, 7) is 5.44. The van der Waals surface area contributed by atoms with E-state index in [1.807, 2.05) is 55.1 Å². The number of pyridine rings is 1. The topological polar surface area (TPSA) is 62.3 Å². The highest BCUT2D eigenvalue weighted by molar-refractivity contribution is 6.30. The lowest BCUT2D eigenvalue weighted by Gasteiger charge is -2.36. The van der Waals surface area contributed by atoms with E-state index >= 15 is 0 Å². The maximum Gasteiger partial charge on any atom is 0.252 e. The summed E-state index contributed by atoms with van der Waals surface area (Å²) in [4.78, 5) is 33.0. The Balaban J connectivity index is 1.46. The van der Waals surface area contributed by atoms with E-state index in [9.17, 15) is 9.59 Å². The van der Waals surface area contributed by atoms with Crippen molar-refractivity contribution in [2.75, 3.05) is 13.1 Å². The first-order valence-electron chi connectivity index (χ1n) is 11.7. The van der Waals surface area contributed by atoms with Crippen LogP contribution in [-0.2, 0) is 4.79 Å². The van der Waals surface area contributed by atoms with E-state index in [2.05, 4.69) is 22.4 Å². The van der Waals surface area contributed by atoms with E-state index in [-0.39, 0.29) is 17.7 Å². The van der Waals surface area contributed by atoms with Gasteiger partial charge in [0.05, 0.1) is 11.1 Å². The molecule has 2 aromatic carbocycles. The number of hydrogen-bond acceptors (Lipinski definition) is 3. The molecule has 5 nitrogen and oxygen atoms in total. The molecule has 1 aliphatic heterocycles. The quantitative estimate of drug-likeness (QED) is 0.529. The van der Waals surface area contributed by atoms with Gasteiger partial charge in [-0.15, -0.1) is 0 Å². The number of benzene rings is 2. The SMILES string of the molecule is CC[C@H](C)[C@@H](NC(=O)c1ccnc2ccccc12)C(=O)N1CCC(c2ccc(Cl)cc2)CC1. The zero-order chi connectivity index (χ0) is 23.4. The van der Waals surface area contributed by atoms with Crippen molar-refractivity contribution in [3.8, 4) is 0 Å². The number of aromatic nitrogens is 1. The number of amides is 2. The molecular formula is C27H30ClN3O2. The molecule has 2 amide bonds. The monoisotopic (exact) mass is 463 g/mol. The Morgan fingerprint density at radius 3 is 2.48 bits per heavy atom. The number of carbonyl (C=O) groups excluding carboxylic acids is 2. The zero-order valence-corrected chi connectivity index (χ0v) is 19.9. The Bertz CT molecular complexity index is 1120. The van der Waals surface area contributed by atoms with Gasteiger partial charge in [0.25, 0.3) is 5.91 Å². The molecule has 1 saturated heterocycles.